The Morgan fingerprint density at radius 3 is 2.33 bits per heavy atom. The van der Waals surface area contributed by atoms with E-state index >= 15 is 0 Å². The molecule has 0 atom stereocenters. The van der Waals surface area contributed by atoms with Crippen molar-refractivity contribution < 1.29 is 9.47 Å². The lowest BCUT2D eigenvalue weighted by molar-refractivity contribution is 0.395. The second-order valence-corrected chi connectivity index (χ2v) is 4.89. The third kappa shape index (κ3) is 3.00. The highest BCUT2D eigenvalue weighted by atomic mass is 32.1. The van der Waals surface area contributed by atoms with Gasteiger partial charge in [-0.3, -0.25) is 0 Å². The van der Waals surface area contributed by atoms with Crippen LogP contribution in [-0.4, -0.2) is 19.2 Å². The molecular weight excluding hydrogens is 266 g/mol. The number of thiocarbonyl (C=S) groups is 1. The molecule has 3 nitrogen and oxygen atoms in total. The number of hydrogen-bond donors (Lipinski definition) is 1. The summed E-state index contributed by atoms with van der Waals surface area (Å²) in [4.78, 5) is 1.73. The Kier molecular flexibility index (Phi) is 4.17. The summed E-state index contributed by atoms with van der Waals surface area (Å²) in [6.45, 7) is 0. The van der Waals surface area contributed by atoms with Crippen molar-refractivity contribution in [2.24, 2.45) is 0 Å². The van der Waals surface area contributed by atoms with Gasteiger partial charge in [-0.2, -0.15) is 0 Å². The van der Waals surface area contributed by atoms with E-state index in [4.69, 9.17) is 21.7 Å². The summed E-state index contributed by atoms with van der Waals surface area (Å²) in [6.07, 6.45) is 0. The molecule has 0 saturated carbocycles. The van der Waals surface area contributed by atoms with Crippen LogP contribution in [0.4, 0.5) is 5.69 Å². The minimum absolute atomic E-state index is 0.695. The molecule has 0 aliphatic heterocycles. The molecule has 0 unspecified atom stereocenters. The third-order valence-electron chi connectivity index (χ3n) is 2.35. The molecule has 1 aromatic carbocycles. The highest BCUT2D eigenvalue weighted by molar-refractivity contribution is 7.81. The molecule has 0 spiro atoms. The van der Waals surface area contributed by atoms with Crippen molar-refractivity contribution >= 4 is 34.2 Å². The Morgan fingerprint density at radius 1 is 1.17 bits per heavy atom. The molecule has 2 aromatic rings. The Balaban J connectivity index is 2.20. The summed E-state index contributed by atoms with van der Waals surface area (Å²) in [5.74, 6) is 1.46. The SMILES string of the molecule is COc1cc(NC(=S)c2cccs2)cc(OC)c1. The van der Waals surface area contributed by atoms with E-state index in [1.54, 1.807) is 25.6 Å². The molecule has 18 heavy (non-hydrogen) atoms. The smallest absolute Gasteiger partial charge is 0.124 e. The molecule has 0 aliphatic rings. The van der Waals surface area contributed by atoms with Gasteiger partial charge in [-0.05, 0) is 11.4 Å². The summed E-state index contributed by atoms with van der Waals surface area (Å²) < 4.78 is 10.4. The number of ether oxygens (including phenoxy) is 2. The van der Waals surface area contributed by atoms with Crippen LogP contribution in [0.25, 0.3) is 0 Å². The van der Waals surface area contributed by atoms with E-state index in [0.29, 0.717) is 4.99 Å². The summed E-state index contributed by atoms with van der Waals surface area (Å²) in [6, 6.07) is 9.53. The fraction of sp³-hybridized carbons (Fsp3) is 0.154. The molecule has 1 N–H and O–H groups in total. The Bertz CT molecular complexity index is 516. The van der Waals surface area contributed by atoms with E-state index in [-0.39, 0.29) is 0 Å². The van der Waals surface area contributed by atoms with E-state index < -0.39 is 0 Å². The van der Waals surface area contributed by atoms with Crippen molar-refractivity contribution in [1.82, 2.24) is 0 Å². The zero-order chi connectivity index (χ0) is 13.0. The van der Waals surface area contributed by atoms with Crippen LogP contribution in [0.15, 0.2) is 35.7 Å². The van der Waals surface area contributed by atoms with Crippen molar-refractivity contribution in [3.63, 3.8) is 0 Å². The van der Waals surface area contributed by atoms with Gasteiger partial charge in [0.2, 0.25) is 0 Å². The lowest BCUT2D eigenvalue weighted by atomic mass is 10.2. The molecule has 0 radical (unpaired) electrons. The number of thiophene rings is 1. The quantitative estimate of drug-likeness (QED) is 0.867. The van der Waals surface area contributed by atoms with Gasteiger partial charge < -0.3 is 14.8 Å². The van der Waals surface area contributed by atoms with E-state index in [9.17, 15) is 0 Å². The van der Waals surface area contributed by atoms with Crippen molar-refractivity contribution in [3.8, 4) is 11.5 Å². The van der Waals surface area contributed by atoms with Crippen LogP contribution in [0.3, 0.4) is 0 Å². The van der Waals surface area contributed by atoms with E-state index in [1.807, 2.05) is 35.7 Å². The number of rotatable bonds is 4. The van der Waals surface area contributed by atoms with E-state index in [2.05, 4.69) is 5.32 Å². The van der Waals surface area contributed by atoms with Crippen molar-refractivity contribution in [2.75, 3.05) is 19.5 Å². The molecule has 0 fully saturated rings. The molecule has 0 saturated heterocycles. The highest BCUT2D eigenvalue weighted by Crippen LogP contribution is 2.26. The topological polar surface area (TPSA) is 30.5 Å². The zero-order valence-electron chi connectivity index (χ0n) is 10.1. The number of benzene rings is 1. The van der Waals surface area contributed by atoms with E-state index in [1.165, 1.54) is 0 Å². The van der Waals surface area contributed by atoms with Gasteiger partial charge in [0.05, 0.1) is 19.1 Å². The average Bonchev–Trinajstić information content (AvgIpc) is 2.92. The lowest BCUT2D eigenvalue weighted by Gasteiger charge is -2.10. The highest BCUT2D eigenvalue weighted by Gasteiger charge is 2.06. The van der Waals surface area contributed by atoms with Gasteiger partial charge in [-0.15, -0.1) is 11.3 Å². The van der Waals surface area contributed by atoms with Gasteiger partial charge in [0.15, 0.2) is 0 Å². The van der Waals surface area contributed by atoms with Gasteiger partial charge in [-0.1, -0.05) is 18.3 Å². The molecule has 0 amide bonds. The van der Waals surface area contributed by atoms with Gasteiger partial charge in [-0.25, -0.2) is 0 Å². The maximum atomic E-state index is 5.33. The van der Waals surface area contributed by atoms with Gasteiger partial charge in [0, 0.05) is 23.9 Å². The molecule has 1 heterocycles. The normalized spacial score (nSPS) is 9.89. The van der Waals surface area contributed by atoms with Crippen LogP contribution >= 0.6 is 23.6 Å². The number of anilines is 1. The molecule has 5 heteroatoms. The zero-order valence-corrected chi connectivity index (χ0v) is 11.7. The summed E-state index contributed by atoms with van der Waals surface area (Å²) in [5, 5.41) is 5.17. The van der Waals surface area contributed by atoms with Gasteiger partial charge in [0.25, 0.3) is 0 Å². The minimum atomic E-state index is 0.695. The van der Waals surface area contributed by atoms with Crippen molar-refractivity contribution in [3.05, 3.63) is 40.6 Å². The monoisotopic (exact) mass is 279 g/mol. The average molecular weight is 279 g/mol. The predicted octanol–water partition coefficient (Wildman–Crippen LogP) is 3.55. The Labute approximate surface area is 115 Å². The largest absolute Gasteiger partial charge is 0.497 e. The Hall–Kier alpha value is -1.59. The Morgan fingerprint density at radius 2 is 1.83 bits per heavy atom. The second-order valence-electron chi connectivity index (χ2n) is 3.53. The molecule has 2 rings (SSSR count). The first-order valence-corrected chi connectivity index (χ1v) is 6.59. The van der Waals surface area contributed by atoms with Crippen molar-refractivity contribution in [2.45, 2.75) is 0 Å². The molecule has 0 bridgehead atoms. The maximum absolute atomic E-state index is 5.33. The van der Waals surface area contributed by atoms with Crippen LogP contribution in [0, 0.1) is 0 Å². The van der Waals surface area contributed by atoms with Crippen LogP contribution in [-0.2, 0) is 0 Å². The van der Waals surface area contributed by atoms with Crippen molar-refractivity contribution in [1.29, 1.82) is 0 Å². The summed E-state index contributed by atoms with van der Waals surface area (Å²) in [5.41, 5.74) is 0.851. The number of nitrogens with one attached hydrogen (secondary N) is 1. The fourth-order valence-corrected chi connectivity index (χ4v) is 2.43. The number of methoxy groups -OCH3 is 2. The third-order valence-corrected chi connectivity index (χ3v) is 3.69. The fourth-order valence-electron chi connectivity index (χ4n) is 1.48. The first kappa shape index (κ1) is 12.9. The second kappa shape index (κ2) is 5.84. The predicted molar refractivity (Wildman–Crippen MR) is 79.2 cm³/mol. The molecule has 1 aromatic heterocycles. The van der Waals surface area contributed by atoms with Crippen LogP contribution < -0.4 is 14.8 Å². The molecule has 94 valence electrons. The minimum Gasteiger partial charge on any atom is -0.497 e. The summed E-state index contributed by atoms with van der Waals surface area (Å²) >= 11 is 6.94. The van der Waals surface area contributed by atoms with Crippen LogP contribution in [0.2, 0.25) is 0 Å². The lowest BCUT2D eigenvalue weighted by Crippen LogP contribution is -2.08. The standard InChI is InChI=1S/C13H13NO2S2/c1-15-10-6-9(7-11(8-10)16-2)14-13(17)12-4-3-5-18-12/h3-8H,1-2H3,(H,14,17). The first-order valence-electron chi connectivity index (χ1n) is 5.31. The van der Waals surface area contributed by atoms with Gasteiger partial charge >= 0.3 is 0 Å². The maximum Gasteiger partial charge on any atom is 0.124 e. The van der Waals surface area contributed by atoms with Crippen LogP contribution in [0.1, 0.15) is 4.88 Å². The first-order chi connectivity index (χ1) is 8.72. The molecule has 0 aliphatic carbocycles. The van der Waals surface area contributed by atoms with Crippen LogP contribution in [0.5, 0.6) is 11.5 Å². The summed E-state index contributed by atoms with van der Waals surface area (Å²) in [7, 11) is 3.24. The van der Waals surface area contributed by atoms with E-state index in [0.717, 1.165) is 22.1 Å². The number of hydrogen-bond acceptors (Lipinski definition) is 4. The molecular formula is C13H13NO2S2. The van der Waals surface area contributed by atoms with Gasteiger partial charge in [0.1, 0.15) is 16.5 Å².